The van der Waals surface area contributed by atoms with Gasteiger partial charge in [-0.05, 0) is 28.8 Å². The van der Waals surface area contributed by atoms with Crippen LogP contribution in [0.4, 0.5) is 18.9 Å². The van der Waals surface area contributed by atoms with Gasteiger partial charge in [0.2, 0.25) is 6.29 Å². The number of alkyl halides is 3. The largest absolute Gasteiger partial charge is 0.468 e. The monoisotopic (exact) mass is 730 g/mol. The molecule has 0 aromatic heterocycles. The summed E-state index contributed by atoms with van der Waals surface area (Å²) in [5.74, 6) is -1.95. The second kappa shape index (κ2) is 22.8. The molecule has 0 saturated carbocycles. The second-order valence-corrected chi connectivity index (χ2v) is 11.7. The Labute approximate surface area is 301 Å². The molecule has 15 heteroatoms. The van der Waals surface area contributed by atoms with Gasteiger partial charge in [0.15, 0.2) is 0 Å². The first kappa shape index (κ1) is 40.7. The van der Waals surface area contributed by atoms with E-state index in [1.807, 2.05) is 67.6 Å². The van der Waals surface area contributed by atoms with Gasteiger partial charge in [0.1, 0.15) is 12.2 Å². The van der Waals surface area contributed by atoms with Crippen LogP contribution in [0.25, 0.3) is 10.4 Å². The number of benzene rings is 3. The van der Waals surface area contributed by atoms with Gasteiger partial charge in [0, 0.05) is 17.4 Å². The molecule has 3 aromatic carbocycles. The first-order valence-electron chi connectivity index (χ1n) is 17.0. The van der Waals surface area contributed by atoms with Crippen LogP contribution in [0.2, 0.25) is 0 Å². The molecule has 282 valence electrons. The van der Waals surface area contributed by atoms with Crippen LogP contribution in [0.15, 0.2) is 101 Å². The lowest BCUT2D eigenvalue weighted by molar-refractivity contribution is -0.293. The molecule has 0 radical (unpaired) electrons. The first-order chi connectivity index (χ1) is 25.3. The normalized spacial score (nSPS) is 20.7. The smallest absolute Gasteiger partial charge is 0.441 e. The summed E-state index contributed by atoms with van der Waals surface area (Å²) < 4.78 is 89.8. The van der Waals surface area contributed by atoms with Crippen molar-refractivity contribution in [2.45, 2.75) is 50.9 Å². The van der Waals surface area contributed by atoms with E-state index in [-0.39, 0.29) is 45.3 Å². The number of hydrogen-bond acceptors (Lipinski definition) is 10. The van der Waals surface area contributed by atoms with Gasteiger partial charge in [-0.25, -0.2) is 4.99 Å². The zero-order valence-electron chi connectivity index (χ0n) is 29.0. The highest BCUT2D eigenvalue weighted by Crippen LogP contribution is 2.34. The third-order valence-corrected chi connectivity index (χ3v) is 7.80. The molecular formula is C37H45F3N4O8. The average Bonchev–Trinajstić information content (AvgIpc) is 3.15. The highest BCUT2D eigenvalue weighted by molar-refractivity contribution is 5.84. The van der Waals surface area contributed by atoms with Gasteiger partial charge < -0.3 is 37.9 Å². The van der Waals surface area contributed by atoms with Crippen LogP contribution in [-0.4, -0.2) is 96.1 Å². The number of ether oxygens (including phenoxy) is 8. The number of aliphatic imine (C=N–C) groups is 1. The fraction of sp³-hybridized carbons (Fsp3) is 0.486. The molecule has 0 bridgehead atoms. The Morgan fingerprint density at radius 2 is 1.21 bits per heavy atom. The molecular weight excluding hydrogens is 685 g/mol. The predicted molar refractivity (Wildman–Crippen MR) is 186 cm³/mol. The Hall–Kier alpha value is -4.05. The number of azide groups is 1. The minimum atomic E-state index is -4.92. The van der Waals surface area contributed by atoms with Crippen LogP contribution in [0.5, 0.6) is 0 Å². The Morgan fingerprint density at radius 1 is 0.712 bits per heavy atom. The SMILES string of the molecule is C[C@@H]1C(OCc2ccccc2)[C@H](O/C(=N/c2ccccc2)C(F)(F)F)OC(COCCOCCOCCOCCN=[N+]=[N-])[C@@H]1OCc1ccccc1. The van der Waals surface area contributed by atoms with Crippen molar-refractivity contribution in [1.29, 1.82) is 0 Å². The Balaban J connectivity index is 1.42. The number of hydrogen-bond donors (Lipinski definition) is 0. The summed E-state index contributed by atoms with van der Waals surface area (Å²) in [5.41, 5.74) is 10.1. The van der Waals surface area contributed by atoms with Crippen LogP contribution in [0, 0.1) is 5.92 Å². The zero-order valence-corrected chi connectivity index (χ0v) is 29.0. The Kier molecular flexibility index (Phi) is 17.8. The summed E-state index contributed by atoms with van der Waals surface area (Å²) >= 11 is 0. The lowest BCUT2D eigenvalue weighted by Crippen LogP contribution is -2.58. The van der Waals surface area contributed by atoms with Crippen molar-refractivity contribution in [1.82, 2.24) is 0 Å². The maximum absolute atomic E-state index is 14.4. The van der Waals surface area contributed by atoms with Crippen LogP contribution >= 0.6 is 0 Å². The van der Waals surface area contributed by atoms with E-state index in [0.717, 1.165) is 11.1 Å². The Bertz CT molecular complexity index is 1480. The lowest BCUT2D eigenvalue weighted by atomic mass is 9.90. The van der Waals surface area contributed by atoms with E-state index in [1.165, 1.54) is 12.1 Å². The fourth-order valence-corrected chi connectivity index (χ4v) is 5.25. The minimum absolute atomic E-state index is 0.0146. The standard InChI is InChI=1S/C37H45F3N4O8/c1-28-33(49-25-29-11-5-2-6-12-29)32(27-48-24-23-47-22-21-46-20-19-45-18-17-42-44-41)51-35(34(28)50-26-30-13-7-3-8-14-30)52-36(37(38,39)40)43-31-15-9-4-10-16-31/h2-16,28,32-35H,17-27H2,1H3/b43-36+/t28-,32?,33+,34?,35-/m0/s1. The van der Waals surface area contributed by atoms with Crippen molar-refractivity contribution in [2.75, 3.05) is 59.4 Å². The van der Waals surface area contributed by atoms with Crippen molar-refractivity contribution in [3.05, 3.63) is 113 Å². The molecule has 3 aromatic rings. The highest BCUT2D eigenvalue weighted by atomic mass is 19.4. The quantitative estimate of drug-likeness (QED) is 0.0265. The lowest BCUT2D eigenvalue weighted by Gasteiger charge is -2.45. The van der Waals surface area contributed by atoms with Gasteiger partial charge in [-0.3, -0.25) is 0 Å². The van der Waals surface area contributed by atoms with Crippen molar-refractivity contribution >= 4 is 11.6 Å². The summed E-state index contributed by atoms with van der Waals surface area (Å²) in [5, 5.41) is 3.38. The highest BCUT2D eigenvalue weighted by Gasteiger charge is 2.49. The summed E-state index contributed by atoms with van der Waals surface area (Å²) in [4.78, 5) is 6.44. The Morgan fingerprint density at radius 3 is 1.75 bits per heavy atom. The number of rotatable bonds is 22. The van der Waals surface area contributed by atoms with E-state index in [9.17, 15) is 13.2 Å². The van der Waals surface area contributed by atoms with Crippen molar-refractivity contribution in [3.8, 4) is 0 Å². The summed E-state index contributed by atoms with van der Waals surface area (Å²) in [7, 11) is 0. The molecule has 4 rings (SSSR count). The first-order valence-corrected chi connectivity index (χ1v) is 17.0. The topological polar surface area (TPSA) is 135 Å². The third kappa shape index (κ3) is 14.5. The predicted octanol–water partition coefficient (Wildman–Crippen LogP) is 7.20. The summed E-state index contributed by atoms with van der Waals surface area (Å²) in [6.07, 6.45) is -8.84. The molecule has 5 atom stereocenters. The molecule has 0 N–H and O–H groups in total. The third-order valence-electron chi connectivity index (χ3n) is 7.80. The van der Waals surface area contributed by atoms with Crippen molar-refractivity contribution in [3.63, 3.8) is 0 Å². The zero-order chi connectivity index (χ0) is 36.9. The van der Waals surface area contributed by atoms with Gasteiger partial charge in [0.25, 0.3) is 5.90 Å². The fourth-order valence-electron chi connectivity index (χ4n) is 5.25. The molecule has 1 heterocycles. The molecule has 0 aliphatic carbocycles. The number of para-hydroxylation sites is 1. The van der Waals surface area contributed by atoms with Crippen LogP contribution in [-0.2, 0) is 51.1 Å². The molecule has 0 spiro atoms. The van der Waals surface area contributed by atoms with E-state index in [2.05, 4.69) is 15.0 Å². The van der Waals surface area contributed by atoms with Gasteiger partial charge >= 0.3 is 6.18 Å². The molecule has 0 amide bonds. The van der Waals surface area contributed by atoms with Crippen LogP contribution in [0.3, 0.4) is 0 Å². The number of nitrogens with zero attached hydrogens (tertiary/aromatic N) is 4. The maximum atomic E-state index is 14.4. The van der Waals surface area contributed by atoms with Gasteiger partial charge in [-0.15, -0.1) is 0 Å². The van der Waals surface area contributed by atoms with Gasteiger partial charge in [-0.2, -0.15) is 13.2 Å². The molecule has 1 saturated heterocycles. The van der Waals surface area contributed by atoms with Gasteiger partial charge in [0.05, 0.1) is 77.9 Å². The second-order valence-electron chi connectivity index (χ2n) is 11.7. The van der Waals surface area contributed by atoms with Crippen molar-refractivity contribution < 1.29 is 51.1 Å². The summed E-state index contributed by atoms with van der Waals surface area (Å²) in [6.45, 7) is 4.57. The van der Waals surface area contributed by atoms with E-state index >= 15 is 0 Å². The van der Waals surface area contributed by atoms with Crippen LogP contribution in [0.1, 0.15) is 18.1 Å². The molecule has 1 fully saturated rings. The van der Waals surface area contributed by atoms with E-state index < -0.39 is 42.6 Å². The average molecular weight is 731 g/mol. The number of halogens is 3. The summed E-state index contributed by atoms with van der Waals surface area (Å²) in [6, 6.07) is 26.6. The van der Waals surface area contributed by atoms with Crippen LogP contribution < -0.4 is 0 Å². The molecule has 52 heavy (non-hydrogen) atoms. The minimum Gasteiger partial charge on any atom is -0.441 e. The maximum Gasteiger partial charge on any atom is 0.468 e. The molecule has 12 nitrogen and oxygen atoms in total. The molecule has 1 aliphatic rings. The van der Waals surface area contributed by atoms with E-state index in [1.54, 1.807) is 18.2 Å². The molecule has 2 unspecified atom stereocenters. The van der Waals surface area contributed by atoms with Crippen molar-refractivity contribution in [2.24, 2.45) is 16.0 Å². The van der Waals surface area contributed by atoms with E-state index in [0.29, 0.717) is 33.0 Å². The van der Waals surface area contributed by atoms with E-state index in [4.69, 9.17) is 43.4 Å². The van der Waals surface area contributed by atoms with Gasteiger partial charge in [-0.1, -0.05) is 90.9 Å². The molecule has 1 aliphatic heterocycles.